The summed E-state index contributed by atoms with van der Waals surface area (Å²) in [5.41, 5.74) is 0. The molecule has 112 valence electrons. The first-order valence-corrected chi connectivity index (χ1v) is 8.42. The van der Waals surface area contributed by atoms with Gasteiger partial charge in [-0.25, -0.2) is 9.59 Å². The maximum atomic E-state index is 12.5. The van der Waals surface area contributed by atoms with Crippen molar-refractivity contribution in [2.75, 3.05) is 37.8 Å². The Morgan fingerprint density at radius 3 is 2.60 bits per heavy atom. The number of hydrogen-bond donors (Lipinski definition) is 1. The van der Waals surface area contributed by atoms with Crippen LogP contribution >= 0.6 is 11.8 Å². The third-order valence-corrected chi connectivity index (χ3v) is 5.52. The van der Waals surface area contributed by atoms with Gasteiger partial charge in [-0.1, -0.05) is 0 Å². The minimum atomic E-state index is -0.890. The van der Waals surface area contributed by atoms with Gasteiger partial charge in [0, 0.05) is 24.9 Å². The standard InChI is InChI=1S/C13H21N3O3S/c17-12(18)11-8-20-9-16(11)13(19)15-6-3-10(7-15)14-4-1-2-5-14/h10-11H,1-9H2,(H,17,18). The number of amides is 2. The van der Waals surface area contributed by atoms with Gasteiger partial charge in [-0.15, -0.1) is 11.8 Å². The van der Waals surface area contributed by atoms with Crippen LogP contribution in [0.15, 0.2) is 0 Å². The Bertz CT molecular complexity index is 400. The Morgan fingerprint density at radius 2 is 1.90 bits per heavy atom. The van der Waals surface area contributed by atoms with Gasteiger partial charge in [0.15, 0.2) is 0 Å². The molecule has 0 aromatic carbocycles. The van der Waals surface area contributed by atoms with Crippen molar-refractivity contribution >= 4 is 23.8 Å². The number of thioether (sulfide) groups is 1. The summed E-state index contributed by atoms with van der Waals surface area (Å²) >= 11 is 1.52. The molecule has 3 aliphatic rings. The topological polar surface area (TPSA) is 64.1 Å². The van der Waals surface area contributed by atoms with Crippen molar-refractivity contribution in [2.45, 2.75) is 31.3 Å². The third-order valence-electron chi connectivity index (χ3n) is 4.50. The summed E-state index contributed by atoms with van der Waals surface area (Å²) < 4.78 is 0. The first-order valence-electron chi connectivity index (χ1n) is 7.27. The quantitative estimate of drug-likeness (QED) is 0.814. The normalized spacial score (nSPS) is 31.2. The summed E-state index contributed by atoms with van der Waals surface area (Å²) in [6.07, 6.45) is 3.53. The van der Waals surface area contributed by atoms with Gasteiger partial charge in [0.05, 0.1) is 5.88 Å². The second-order valence-electron chi connectivity index (χ2n) is 5.74. The molecule has 6 nitrogen and oxygen atoms in total. The van der Waals surface area contributed by atoms with Gasteiger partial charge < -0.3 is 14.9 Å². The number of aliphatic carboxylic acids is 1. The maximum Gasteiger partial charge on any atom is 0.327 e. The molecule has 0 aromatic heterocycles. The molecular formula is C13H21N3O3S. The lowest BCUT2D eigenvalue weighted by Gasteiger charge is -2.28. The van der Waals surface area contributed by atoms with E-state index in [-0.39, 0.29) is 6.03 Å². The van der Waals surface area contributed by atoms with Gasteiger partial charge >= 0.3 is 12.0 Å². The van der Waals surface area contributed by atoms with Crippen molar-refractivity contribution in [2.24, 2.45) is 0 Å². The number of likely N-dealkylation sites (tertiary alicyclic amines) is 2. The molecule has 2 atom stereocenters. The van der Waals surface area contributed by atoms with Crippen LogP contribution in [0.2, 0.25) is 0 Å². The molecular weight excluding hydrogens is 278 g/mol. The molecule has 20 heavy (non-hydrogen) atoms. The molecule has 0 saturated carbocycles. The lowest BCUT2D eigenvalue weighted by atomic mass is 10.2. The van der Waals surface area contributed by atoms with Gasteiger partial charge in [-0.2, -0.15) is 0 Å². The number of rotatable bonds is 2. The molecule has 3 heterocycles. The second-order valence-corrected chi connectivity index (χ2v) is 6.74. The van der Waals surface area contributed by atoms with E-state index in [4.69, 9.17) is 5.11 Å². The molecule has 3 saturated heterocycles. The second kappa shape index (κ2) is 5.81. The minimum Gasteiger partial charge on any atom is -0.480 e. The smallest absolute Gasteiger partial charge is 0.327 e. The van der Waals surface area contributed by atoms with Crippen LogP contribution in [-0.4, -0.2) is 81.7 Å². The number of nitrogens with zero attached hydrogens (tertiary/aromatic N) is 3. The molecule has 3 aliphatic heterocycles. The maximum absolute atomic E-state index is 12.5. The summed E-state index contributed by atoms with van der Waals surface area (Å²) in [4.78, 5) is 29.5. The van der Waals surface area contributed by atoms with E-state index in [0.29, 0.717) is 17.7 Å². The first-order chi connectivity index (χ1) is 9.66. The fourth-order valence-corrected chi connectivity index (χ4v) is 4.48. The van der Waals surface area contributed by atoms with E-state index in [1.54, 1.807) is 0 Å². The number of carbonyl (C=O) groups is 2. The molecule has 1 N–H and O–H groups in total. The van der Waals surface area contributed by atoms with Gasteiger partial charge in [-0.3, -0.25) is 4.90 Å². The largest absolute Gasteiger partial charge is 0.480 e. The highest BCUT2D eigenvalue weighted by atomic mass is 32.2. The Morgan fingerprint density at radius 1 is 1.15 bits per heavy atom. The van der Waals surface area contributed by atoms with E-state index in [9.17, 15) is 9.59 Å². The number of urea groups is 1. The van der Waals surface area contributed by atoms with E-state index in [0.717, 1.165) is 32.6 Å². The van der Waals surface area contributed by atoms with E-state index >= 15 is 0 Å². The number of carboxylic acids is 1. The average Bonchev–Trinajstić information content (AvgIpc) is 3.17. The molecule has 2 amide bonds. The van der Waals surface area contributed by atoms with Gasteiger partial charge in [0.2, 0.25) is 0 Å². The molecule has 0 aliphatic carbocycles. The predicted molar refractivity (Wildman–Crippen MR) is 76.8 cm³/mol. The van der Waals surface area contributed by atoms with Crippen molar-refractivity contribution < 1.29 is 14.7 Å². The van der Waals surface area contributed by atoms with E-state index < -0.39 is 12.0 Å². The molecule has 2 unspecified atom stereocenters. The number of hydrogen-bond acceptors (Lipinski definition) is 4. The zero-order valence-electron chi connectivity index (χ0n) is 11.5. The third kappa shape index (κ3) is 2.61. The van der Waals surface area contributed by atoms with Gasteiger partial charge in [0.1, 0.15) is 6.04 Å². The zero-order chi connectivity index (χ0) is 14.1. The Balaban J connectivity index is 1.59. The highest BCUT2D eigenvalue weighted by Gasteiger charge is 2.39. The van der Waals surface area contributed by atoms with Crippen LogP contribution in [-0.2, 0) is 4.79 Å². The highest BCUT2D eigenvalue weighted by Crippen LogP contribution is 2.26. The monoisotopic (exact) mass is 299 g/mol. The lowest BCUT2D eigenvalue weighted by Crippen LogP contribution is -2.48. The fourth-order valence-electron chi connectivity index (χ4n) is 3.34. The number of carboxylic acid groups (broad SMARTS) is 1. The first kappa shape index (κ1) is 14.0. The fraction of sp³-hybridized carbons (Fsp3) is 0.846. The zero-order valence-corrected chi connectivity index (χ0v) is 12.3. The summed E-state index contributed by atoms with van der Waals surface area (Å²) in [5, 5.41) is 9.17. The summed E-state index contributed by atoms with van der Waals surface area (Å²) in [7, 11) is 0. The predicted octanol–water partition coefficient (Wildman–Crippen LogP) is 0.736. The van der Waals surface area contributed by atoms with Crippen LogP contribution in [0.5, 0.6) is 0 Å². The van der Waals surface area contributed by atoms with Crippen molar-refractivity contribution in [3.05, 3.63) is 0 Å². The summed E-state index contributed by atoms with van der Waals surface area (Å²) in [6.45, 7) is 3.80. The minimum absolute atomic E-state index is 0.0934. The summed E-state index contributed by atoms with van der Waals surface area (Å²) in [5.74, 6) is 0.115. The van der Waals surface area contributed by atoms with Crippen molar-refractivity contribution in [3.63, 3.8) is 0 Å². The average molecular weight is 299 g/mol. The molecule has 0 bridgehead atoms. The SMILES string of the molecule is O=C(O)C1CSCN1C(=O)N1CCC(N2CCCC2)C1. The van der Waals surface area contributed by atoms with Crippen LogP contribution in [0.3, 0.4) is 0 Å². The molecule has 3 fully saturated rings. The van der Waals surface area contributed by atoms with E-state index in [1.165, 1.54) is 29.5 Å². The van der Waals surface area contributed by atoms with Crippen molar-refractivity contribution in [1.82, 2.24) is 14.7 Å². The van der Waals surface area contributed by atoms with Crippen molar-refractivity contribution in [3.8, 4) is 0 Å². The lowest BCUT2D eigenvalue weighted by molar-refractivity contribution is -0.140. The molecule has 0 radical (unpaired) electrons. The molecule has 0 spiro atoms. The Labute approximate surface area is 123 Å². The van der Waals surface area contributed by atoms with Crippen LogP contribution in [0.25, 0.3) is 0 Å². The van der Waals surface area contributed by atoms with Crippen LogP contribution in [0.1, 0.15) is 19.3 Å². The van der Waals surface area contributed by atoms with Crippen molar-refractivity contribution in [1.29, 1.82) is 0 Å². The Hall–Kier alpha value is -0.950. The van der Waals surface area contributed by atoms with Crippen LogP contribution in [0, 0.1) is 0 Å². The number of carbonyl (C=O) groups excluding carboxylic acids is 1. The highest BCUT2D eigenvalue weighted by molar-refractivity contribution is 7.99. The van der Waals surface area contributed by atoms with E-state index in [1.807, 2.05) is 4.90 Å². The Kier molecular flexibility index (Phi) is 4.07. The molecule has 3 rings (SSSR count). The summed E-state index contributed by atoms with van der Waals surface area (Å²) in [6, 6.07) is -0.276. The van der Waals surface area contributed by atoms with Gasteiger partial charge in [0.25, 0.3) is 0 Å². The van der Waals surface area contributed by atoms with Crippen LogP contribution < -0.4 is 0 Å². The van der Waals surface area contributed by atoms with Gasteiger partial charge in [-0.05, 0) is 32.4 Å². The molecule has 7 heteroatoms. The molecule has 0 aromatic rings. The van der Waals surface area contributed by atoms with E-state index in [2.05, 4.69) is 4.90 Å². The van der Waals surface area contributed by atoms with Crippen LogP contribution in [0.4, 0.5) is 4.79 Å².